The molecule has 17 heavy (non-hydrogen) atoms. The van der Waals surface area contributed by atoms with E-state index in [2.05, 4.69) is 10.3 Å². The van der Waals surface area contributed by atoms with E-state index in [0.29, 0.717) is 10.2 Å². The second kappa shape index (κ2) is 5.76. The lowest BCUT2D eigenvalue weighted by Crippen LogP contribution is -2.30. The lowest BCUT2D eigenvalue weighted by atomic mass is 10.1. The number of rotatable bonds is 2. The summed E-state index contributed by atoms with van der Waals surface area (Å²) in [6.07, 6.45) is 0. The van der Waals surface area contributed by atoms with Crippen LogP contribution in [0.3, 0.4) is 0 Å². The number of benzene rings is 1. The molecule has 0 saturated carbocycles. The molecule has 1 aliphatic rings. The average Bonchev–Trinajstić information content (AvgIpc) is 2.82. The largest absolute Gasteiger partial charge is 0.304 e. The van der Waals surface area contributed by atoms with Crippen LogP contribution in [0.4, 0.5) is 0 Å². The molecule has 6 heteroatoms. The Morgan fingerprint density at radius 2 is 2.12 bits per heavy atom. The third-order valence-corrected chi connectivity index (χ3v) is 3.80. The van der Waals surface area contributed by atoms with Gasteiger partial charge in [-0.3, -0.25) is 9.79 Å². The Morgan fingerprint density at radius 1 is 1.41 bits per heavy atom. The highest BCUT2D eigenvalue weighted by Crippen LogP contribution is 2.23. The molecular formula is C11H10Cl2N2OS. The fourth-order valence-corrected chi connectivity index (χ4v) is 2.42. The number of amides is 1. The number of hydrogen-bond donors (Lipinski definition) is 1. The number of nitrogens with zero attached hydrogens (tertiary/aromatic N) is 1. The summed E-state index contributed by atoms with van der Waals surface area (Å²) in [4.78, 5) is 15.9. The van der Waals surface area contributed by atoms with Crippen molar-refractivity contribution >= 4 is 46.0 Å². The summed E-state index contributed by atoms with van der Waals surface area (Å²) >= 11 is 13.4. The Morgan fingerprint density at radius 3 is 2.71 bits per heavy atom. The highest BCUT2D eigenvalue weighted by atomic mass is 35.5. The van der Waals surface area contributed by atoms with Crippen LogP contribution < -0.4 is 5.32 Å². The van der Waals surface area contributed by atoms with Crippen molar-refractivity contribution in [2.75, 3.05) is 12.3 Å². The van der Waals surface area contributed by atoms with Crippen molar-refractivity contribution < 1.29 is 4.79 Å². The van der Waals surface area contributed by atoms with Gasteiger partial charge in [0.2, 0.25) is 5.91 Å². The van der Waals surface area contributed by atoms with Crippen molar-refractivity contribution in [2.24, 2.45) is 4.99 Å². The maximum absolute atomic E-state index is 11.8. The van der Waals surface area contributed by atoms with Gasteiger partial charge < -0.3 is 5.32 Å². The predicted molar refractivity (Wildman–Crippen MR) is 72.9 cm³/mol. The number of nitrogens with one attached hydrogen (secondary N) is 1. The van der Waals surface area contributed by atoms with Crippen molar-refractivity contribution in [3.05, 3.63) is 34.9 Å². The number of hydrogen-bond acceptors (Lipinski definition) is 3. The van der Waals surface area contributed by atoms with Crippen molar-refractivity contribution in [1.82, 2.24) is 5.32 Å². The lowest BCUT2D eigenvalue weighted by Gasteiger charge is -2.10. The lowest BCUT2D eigenvalue weighted by molar-refractivity contribution is -0.119. The van der Waals surface area contributed by atoms with Gasteiger partial charge in [-0.2, -0.15) is 0 Å². The number of halogens is 2. The second-order valence-electron chi connectivity index (χ2n) is 3.44. The van der Waals surface area contributed by atoms with Crippen LogP contribution in [-0.2, 0) is 4.79 Å². The summed E-state index contributed by atoms with van der Waals surface area (Å²) in [6.45, 7) is 0.744. The molecule has 3 nitrogen and oxygen atoms in total. The van der Waals surface area contributed by atoms with Crippen LogP contribution in [0.15, 0.2) is 29.3 Å². The minimum atomic E-state index is -0.726. The highest BCUT2D eigenvalue weighted by Gasteiger charge is 2.20. The molecule has 1 aromatic carbocycles. The molecule has 2 rings (SSSR count). The van der Waals surface area contributed by atoms with Gasteiger partial charge in [-0.1, -0.05) is 35.5 Å². The third-order valence-electron chi connectivity index (χ3n) is 2.21. The van der Waals surface area contributed by atoms with E-state index >= 15 is 0 Å². The monoisotopic (exact) mass is 288 g/mol. The van der Waals surface area contributed by atoms with Gasteiger partial charge in [-0.25, -0.2) is 0 Å². The highest BCUT2D eigenvalue weighted by molar-refractivity contribution is 8.14. The van der Waals surface area contributed by atoms with Gasteiger partial charge in [0.1, 0.15) is 5.38 Å². The Balaban J connectivity index is 2.01. The van der Waals surface area contributed by atoms with Gasteiger partial charge in [0.15, 0.2) is 5.17 Å². The molecule has 0 radical (unpaired) electrons. The fraction of sp³-hybridized carbons (Fsp3) is 0.273. The second-order valence-corrected chi connectivity index (χ2v) is 5.40. The molecule has 90 valence electrons. The quantitative estimate of drug-likeness (QED) is 0.851. The van der Waals surface area contributed by atoms with Gasteiger partial charge >= 0.3 is 0 Å². The van der Waals surface area contributed by atoms with E-state index in [9.17, 15) is 4.79 Å². The summed E-state index contributed by atoms with van der Waals surface area (Å²) < 4.78 is 0. The van der Waals surface area contributed by atoms with E-state index in [-0.39, 0.29) is 5.91 Å². The summed E-state index contributed by atoms with van der Waals surface area (Å²) in [5, 5.41) is 3.24. The van der Waals surface area contributed by atoms with Gasteiger partial charge in [0, 0.05) is 10.8 Å². The molecule has 1 aromatic rings. The van der Waals surface area contributed by atoms with Crippen LogP contribution in [0.1, 0.15) is 10.9 Å². The van der Waals surface area contributed by atoms with Gasteiger partial charge in [-0.15, -0.1) is 11.6 Å². The summed E-state index contributed by atoms with van der Waals surface area (Å²) in [5.41, 5.74) is 0.720. The Bertz CT molecular complexity index is 447. The molecule has 0 saturated heterocycles. The summed E-state index contributed by atoms with van der Waals surface area (Å²) in [6, 6.07) is 6.90. The first-order valence-electron chi connectivity index (χ1n) is 5.04. The standard InChI is InChI=1S/C11H10Cl2N2OS/c12-8-3-1-7(2-4-8)9(13)10(16)15-11-14-5-6-17-11/h1-4,9H,5-6H2,(H,14,15,16). The molecule has 0 spiro atoms. The van der Waals surface area contributed by atoms with E-state index in [1.54, 1.807) is 24.3 Å². The molecule has 1 atom stereocenters. The first-order valence-corrected chi connectivity index (χ1v) is 6.84. The van der Waals surface area contributed by atoms with E-state index in [4.69, 9.17) is 23.2 Å². The first-order chi connectivity index (χ1) is 8.16. The molecule has 0 aliphatic carbocycles. The molecule has 1 N–H and O–H groups in total. The first kappa shape index (κ1) is 12.7. The molecule has 0 aromatic heterocycles. The van der Waals surface area contributed by atoms with Crippen molar-refractivity contribution in [3.63, 3.8) is 0 Å². The zero-order chi connectivity index (χ0) is 12.3. The maximum Gasteiger partial charge on any atom is 0.248 e. The topological polar surface area (TPSA) is 41.5 Å². The zero-order valence-electron chi connectivity index (χ0n) is 8.82. The van der Waals surface area contributed by atoms with Gasteiger partial charge in [0.25, 0.3) is 0 Å². The number of carbonyl (C=O) groups is 1. The van der Waals surface area contributed by atoms with Crippen LogP contribution in [0, 0.1) is 0 Å². The van der Waals surface area contributed by atoms with Crippen molar-refractivity contribution in [1.29, 1.82) is 0 Å². The normalized spacial score (nSPS) is 16.5. The summed E-state index contributed by atoms with van der Waals surface area (Å²) in [5.74, 6) is 0.644. The zero-order valence-corrected chi connectivity index (χ0v) is 11.1. The van der Waals surface area contributed by atoms with Gasteiger partial charge in [0.05, 0.1) is 6.54 Å². The number of amidine groups is 1. The average molecular weight is 289 g/mol. The minimum absolute atomic E-state index is 0.262. The maximum atomic E-state index is 11.8. The number of thioether (sulfide) groups is 1. The molecule has 1 amide bonds. The molecule has 1 unspecified atom stereocenters. The van der Waals surface area contributed by atoms with Crippen LogP contribution in [0.2, 0.25) is 5.02 Å². The molecule has 1 aliphatic heterocycles. The predicted octanol–water partition coefficient (Wildman–Crippen LogP) is 2.84. The molecule has 1 heterocycles. The molecule has 0 fully saturated rings. The Kier molecular flexibility index (Phi) is 4.31. The van der Waals surface area contributed by atoms with E-state index < -0.39 is 5.38 Å². The van der Waals surface area contributed by atoms with E-state index in [1.165, 1.54) is 11.8 Å². The van der Waals surface area contributed by atoms with Crippen LogP contribution in [-0.4, -0.2) is 23.4 Å². The van der Waals surface area contributed by atoms with Gasteiger partial charge in [-0.05, 0) is 17.7 Å². The number of alkyl halides is 1. The number of aliphatic imine (C=N–C) groups is 1. The van der Waals surface area contributed by atoms with E-state index in [0.717, 1.165) is 17.9 Å². The fourth-order valence-electron chi connectivity index (χ4n) is 1.36. The van der Waals surface area contributed by atoms with Crippen LogP contribution in [0.5, 0.6) is 0 Å². The smallest absolute Gasteiger partial charge is 0.248 e. The summed E-state index contributed by atoms with van der Waals surface area (Å²) in [7, 11) is 0. The SMILES string of the molecule is O=C(NC1=NCCS1)C(Cl)c1ccc(Cl)cc1. The molecule has 0 bridgehead atoms. The molecular weight excluding hydrogens is 279 g/mol. The van der Waals surface area contributed by atoms with Crippen molar-refractivity contribution in [2.45, 2.75) is 5.38 Å². The minimum Gasteiger partial charge on any atom is -0.304 e. The Labute approximate surface area is 114 Å². The number of carbonyl (C=O) groups excluding carboxylic acids is 1. The van der Waals surface area contributed by atoms with Crippen LogP contribution in [0.25, 0.3) is 0 Å². The van der Waals surface area contributed by atoms with Crippen molar-refractivity contribution in [3.8, 4) is 0 Å². The van der Waals surface area contributed by atoms with Crippen LogP contribution >= 0.6 is 35.0 Å². The third kappa shape index (κ3) is 3.37. The van der Waals surface area contributed by atoms with E-state index in [1.807, 2.05) is 0 Å². The Hall–Kier alpha value is -0.710.